The van der Waals surface area contributed by atoms with Crippen molar-refractivity contribution in [3.8, 4) is 11.3 Å². The van der Waals surface area contributed by atoms with Gasteiger partial charge in [0.1, 0.15) is 5.82 Å². The zero-order valence-electron chi connectivity index (χ0n) is 8.87. The Balaban J connectivity index is 2.60. The largest absolute Gasteiger partial charge is 0.433 e. The Hall–Kier alpha value is -2.18. The minimum absolute atomic E-state index is 0.0582. The number of anilines is 1. The van der Waals surface area contributed by atoms with Crippen molar-refractivity contribution in [2.75, 3.05) is 5.73 Å². The van der Waals surface area contributed by atoms with Crippen LogP contribution in [0.5, 0.6) is 0 Å². The van der Waals surface area contributed by atoms with E-state index in [2.05, 4.69) is 9.97 Å². The second-order valence-corrected chi connectivity index (χ2v) is 3.47. The third-order valence-electron chi connectivity index (χ3n) is 2.18. The summed E-state index contributed by atoms with van der Waals surface area (Å²) in [5.41, 5.74) is 3.74. The molecule has 0 bridgehead atoms. The van der Waals surface area contributed by atoms with E-state index in [1.807, 2.05) is 0 Å². The number of hydrogen-bond donors (Lipinski definition) is 1. The highest BCUT2D eigenvalue weighted by molar-refractivity contribution is 5.61. The van der Waals surface area contributed by atoms with Gasteiger partial charge in [0.05, 0.1) is 5.69 Å². The van der Waals surface area contributed by atoms with Gasteiger partial charge >= 0.3 is 6.18 Å². The minimum Gasteiger partial charge on any atom is -0.368 e. The Bertz CT molecular complexity index is 581. The fourth-order valence-electron chi connectivity index (χ4n) is 1.42. The summed E-state index contributed by atoms with van der Waals surface area (Å²) in [6.07, 6.45) is -4.66. The van der Waals surface area contributed by atoms with Gasteiger partial charge < -0.3 is 5.73 Å². The number of aromatic nitrogens is 2. The van der Waals surface area contributed by atoms with E-state index in [0.717, 1.165) is 6.07 Å². The molecule has 0 unspecified atom stereocenters. The number of rotatable bonds is 1. The molecule has 0 aliphatic rings. The second kappa shape index (κ2) is 4.25. The van der Waals surface area contributed by atoms with Gasteiger partial charge in [-0.3, -0.25) is 0 Å². The fraction of sp³-hybridized carbons (Fsp3) is 0.0909. The monoisotopic (exact) mass is 257 g/mol. The smallest absolute Gasteiger partial charge is 0.368 e. The molecule has 0 radical (unpaired) electrons. The van der Waals surface area contributed by atoms with Crippen LogP contribution in [0.15, 0.2) is 30.3 Å². The van der Waals surface area contributed by atoms with Gasteiger partial charge in [0.2, 0.25) is 5.95 Å². The normalized spacial score (nSPS) is 11.6. The summed E-state index contributed by atoms with van der Waals surface area (Å²) in [5.74, 6) is -1.23. The Morgan fingerprint density at radius 2 is 1.72 bits per heavy atom. The highest BCUT2D eigenvalue weighted by Crippen LogP contribution is 2.31. The molecule has 0 saturated heterocycles. The summed E-state index contributed by atoms with van der Waals surface area (Å²) in [4.78, 5) is 6.68. The van der Waals surface area contributed by atoms with Crippen LogP contribution in [0.1, 0.15) is 5.69 Å². The molecule has 0 spiro atoms. The number of hydrogen-bond acceptors (Lipinski definition) is 3. The molecule has 1 aromatic heterocycles. The maximum absolute atomic E-state index is 13.5. The van der Waals surface area contributed by atoms with E-state index in [1.165, 1.54) is 18.2 Å². The quantitative estimate of drug-likeness (QED) is 0.799. The Kier molecular flexibility index (Phi) is 2.90. The fourth-order valence-corrected chi connectivity index (χ4v) is 1.42. The predicted molar refractivity (Wildman–Crippen MR) is 56.8 cm³/mol. The molecular formula is C11H7F4N3. The molecule has 0 atom stereocenters. The Labute approximate surface area is 99.3 Å². The van der Waals surface area contributed by atoms with Crippen molar-refractivity contribution in [3.05, 3.63) is 41.8 Å². The highest BCUT2D eigenvalue weighted by atomic mass is 19.4. The molecule has 3 nitrogen and oxygen atoms in total. The molecule has 0 fully saturated rings. The summed E-state index contributed by atoms with van der Waals surface area (Å²) in [7, 11) is 0. The molecule has 7 heteroatoms. The van der Waals surface area contributed by atoms with Crippen molar-refractivity contribution in [3.63, 3.8) is 0 Å². The van der Waals surface area contributed by atoms with Crippen LogP contribution in [-0.4, -0.2) is 9.97 Å². The van der Waals surface area contributed by atoms with Crippen LogP contribution in [0.4, 0.5) is 23.5 Å². The van der Waals surface area contributed by atoms with E-state index in [9.17, 15) is 17.6 Å². The van der Waals surface area contributed by atoms with Gasteiger partial charge in [-0.05, 0) is 18.2 Å². The molecule has 2 rings (SSSR count). The molecule has 18 heavy (non-hydrogen) atoms. The lowest BCUT2D eigenvalue weighted by atomic mass is 10.1. The van der Waals surface area contributed by atoms with Gasteiger partial charge in [0, 0.05) is 5.56 Å². The van der Waals surface area contributed by atoms with Crippen LogP contribution in [0.25, 0.3) is 11.3 Å². The van der Waals surface area contributed by atoms with Gasteiger partial charge in [0.25, 0.3) is 0 Å². The number of benzene rings is 1. The average molecular weight is 257 g/mol. The molecule has 0 aliphatic heterocycles. The van der Waals surface area contributed by atoms with E-state index < -0.39 is 23.6 Å². The maximum Gasteiger partial charge on any atom is 0.433 e. The summed E-state index contributed by atoms with van der Waals surface area (Å²) in [5, 5.41) is 0. The molecule has 94 valence electrons. The van der Waals surface area contributed by atoms with Gasteiger partial charge in [-0.1, -0.05) is 12.1 Å². The number of nitrogens with zero attached hydrogens (tertiary/aromatic N) is 2. The zero-order chi connectivity index (χ0) is 13.3. The van der Waals surface area contributed by atoms with Gasteiger partial charge in [-0.15, -0.1) is 0 Å². The van der Waals surface area contributed by atoms with E-state index in [0.29, 0.717) is 6.07 Å². The molecule has 0 aliphatic carbocycles. The summed E-state index contributed by atoms with van der Waals surface area (Å²) >= 11 is 0. The predicted octanol–water partition coefficient (Wildman–Crippen LogP) is 2.88. The lowest BCUT2D eigenvalue weighted by Gasteiger charge is -2.09. The van der Waals surface area contributed by atoms with Crippen molar-refractivity contribution in [2.45, 2.75) is 6.18 Å². The summed E-state index contributed by atoms with van der Waals surface area (Å²) in [6, 6.07) is 6.02. The van der Waals surface area contributed by atoms with Crippen LogP contribution >= 0.6 is 0 Å². The molecule has 2 N–H and O–H groups in total. The standard InChI is InChI=1S/C11H7F4N3/c12-7-4-2-1-3-6(7)8-5-9(11(13,14)15)18-10(16)17-8/h1-5H,(H2,16,17,18). The van der Waals surface area contributed by atoms with Crippen molar-refractivity contribution >= 4 is 5.95 Å². The number of nitrogens with two attached hydrogens (primary N) is 1. The lowest BCUT2D eigenvalue weighted by Crippen LogP contribution is -2.11. The first kappa shape index (κ1) is 12.3. The van der Waals surface area contributed by atoms with Crippen molar-refractivity contribution in [1.82, 2.24) is 9.97 Å². The zero-order valence-corrected chi connectivity index (χ0v) is 8.87. The topological polar surface area (TPSA) is 51.8 Å². The van der Waals surface area contributed by atoms with E-state index in [4.69, 9.17) is 5.73 Å². The van der Waals surface area contributed by atoms with Gasteiger partial charge in [0.15, 0.2) is 5.69 Å². The molecule has 1 aromatic carbocycles. The average Bonchev–Trinajstić information content (AvgIpc) is 2.27. The van der Waals surface area contributed by atoms with Gasteiger partial charge in [-0.25, -0.2) is 14.4 Å². The van der Waals surface area contributed by atoms with Crippen LogP contribution in [0, 0.1) is 5.82 Å². The summed E-state index contributed by atoms with van der Waals surface area (Å²) < 4.78 is 51.0. The van der Waals surface area contributed by atoms with Crippen LogP contribution in [-0.2, 0) is 6.18 Å². The van der Waals surface area contributed by atoms with E-state index >= 15 is 0 Å². The number of alkyl halides is 3. The minimum atomic E-state index is -4.66. The van der Waals surface area contributed by atoms with Crippen LogP contribution in [0.2, 0.25) is 0 Å². The third-order valence-corrected chi connectivity index (χ3v) is 2.18. The first-order valence-corrected chi connectivity index (χ1v) is 4.84. The van der Waals surface area contributed by atoms with Gasteiger partial charge in [-0.2, -0.15) is 13.2 Å². The molecule has 2 aromatic rings. The number of halogens is 4. The maximum atomic E-state index is 13.5. The molecule has 1 heterocycles. The van der Waals surface area contributed by atoms with E-state index in [1.54, 1.807) is 0 Å². The third kappa shape index (κ3) is 2.39. The Morgan fingerprint density at radius 1 is 1.06 bits per heavy atom. The number of nitrogen functional groups attached to an aromatic ring is 1. The second-order valence-electron chi connectivity index (χ2n) is 3.47. The molecular weight excluding hydrogens is 250 g/mol. The summed E-state index contributed by atoms with van der Waals surface area (Å²) in [6.45, 7) is 0. The van der Waals surface area contributed by atoms with Crippen LogP contribution < -0.4 is 5.73 Å². The first-order valence-electron chi connectivity index (χ1n) is 4.84. The van der Waals surface area contributed by atoms with E-state index in [-0.39, 0.29) is 11.3 Å². The van der Waals surface area contributed by atoms with Crippen LogP contribution in [0.3, 0.4) is 0 Å². The SMILES string of the molecule is Nc1nc(-c2ccccc2F)cc(C(F)(F)F)n1. The first-order chi connectivity index (χ1) is 8.38. The van der Waals surface area contributed by atoms with Crippen molar-refractivity contribution < 1.29 is 17.6 Å². The molecule has 0 saturated carbocycles. The molecule has 0 amide bonds. The Morgan fingerprint density at radius 3 is 2.33 bits per heavy atom. The lowest BCUT2D eigenvalue weighted by molar-refractivity contribution is -0.141. The highest BCUT2D eigenvalue weighted by Gasteiger charge is 2.33. The van der Waals surface area contributed by atoms with Crippen molar-refractivity contribution in [1.29, 1.82) is 0 Å². The van der Waals surface area contributed by atoms with Crippen molar-refractivity contribution in [2.24, 2.45) is 0 Å².